The summed E-state index contributed by atoms with van der Waals surface area (Å²) in [6.45, 7) is 3.83. The average Bonchev–Trinajstić information content (AvgIpc) is 2.92. The van der Waals surface area contributed by atoms with E-state index in [9.17, 15) is 4.79 Å². The van der Waals surface area contributed by atoms with Gasteiger partial charge in [-0.2, -0.15) is 5.10 Å². The summed E-state index contributed by atoms with van der Waals surface area (Å²) in [6.07, 6.45) is 6.58. The molecule has 1 aromatic carbocycles. The highest BCUT2D eigenvalue weighted by molar-refractivity contribution is 6.13. The van der Waals surface area contributed by atoms with E-state index in [0.717, 1.165) is 16.9 Å². The van der Waals surface area contributed by atoms with Gasteiger partial charge in [-0.25, -0.2) is 4.52 Å². The van der Waals surface area contributed by atoms with Crippen LogP contribution in [0.15, 0.2) is 36.9 Å². The molecule has 0 atom stereocenters. The molecule has 3 rings (SSSR count). The smallest absolute Gasteiger partial charge is 0.197 e. The van der Waals surface area contributed by atoms with E-state index >= 15 is 0 Å². The summed E-state index contributed by atoms with van der Waals surface area (Å²) in [4.78, 5) is 16.8. The fourth-order valence-corrected chi connectivity index (χ4v) is 2.41. The molecule has 0 amide bonds. The average molecular weight is 281 g/mol. The predicted octanol–water partition coefficient (Wildman–Crippen LogP) is 2.59. The van der Waals surface area contributed by atoms with Crippen molar-refractivity contribution < 1.29 is 9.53 Å². The molecule has 2 heterocycles. The van der Waals surface area contributed by atoms with Crippen molar-refractivity contribution in [1.29, 1.82) is 0 Å². The molecule has 3 aromatic rings. The SMILES string of the molecule is COc1cc(C)c(C(=O)c2cnn3ccncc23)cc1C. The lowest BCUT2D eigenvalue weighted by molar-refractivity contribution is 0.103. The topological polar surface area (TPSA) is 56.5 Å². The second-order valence-corrected chi connectivity index (χ2v) is 4.93. The van der Waals surface area contributed by atoms with Crippen molar-refractivity contribution in [2.45, 2.75) is 13.8 Å². The number of carbonyl (C=O) groups excluding carboxylic acids is 1. The van der Waals surface area contributed by atoms with Crippen molar-refractivity contribution in [1.82, 2.24) is 14.6 Å². The first-order valence-electron chi connectivity index (χ1n) is 6.59. The molecule has 0 bridgehead atoms. The standard InChI is InChI=1S/C16H15N3O2/c1-10-7-15(21-3)11(2)6-12(10)16(20)13-8-18-19-5-4-17-9-14(13)19/h4-9H,1-3H3. The van der Waals surface area contributed by atoms with Crippen LogP contribution in [0.3, 0.4) is 0 Å². The summed E-state index contributed by atoms with van der Waals surface area (Å²) in [7, 11) is 1.63. The molecule has 5 nitrogen and oxygen atoms in total. The van der Waals surface area contributed by atoms with Gasteiger partial charge in [0.25, 0.3) is 0 Å². The number of carbonyl (C=O) groups is 1. The predicted molar refractivity (Wildman–Crippen MR) is 78.9 cm³/mol. The zero-order chi connectivity index (χ0) is 15.0. The summed E-state index contributed by atoms with van der Waals surface area (Å²) in [6, 6.07) is 3.74. The molecule has 0 aliphatic heterocycles. The number of ether oxygens (including phenoxy) is 1. The first-order valence-corrected chi connectivity index (χ1v) is 6.59. The van der Waals surface area contributed by atoms with Crippen LogP contribution in [0.2, 0.25) is 0 Å². The fourth-order valence-electron chi connectivity index (χ4n) is 2.41. The number of fused-ring (bicyclic) bond motifs is 1. The summed E-state index contributed by atoms with van der Waals surface area (Å²) in [5.74, 6) is 0.729. The van der Waals surface area contributed by atoms with E-state index in [4.69, 9.17) is 4.74 Å². The van der Waals surface area contributed by atoms with Crippen molar-refractivity contribution in [3.63, 3.8) is 0 Å². The Hall–Kier alpha value is -2.69. The minimum Gasteiger partial charge on any atom is -0.496 e. The van der Waals surface area contributed by atoms with Crippen LogP contribution in [-0.2, 0) is 0 Å². The number of nitrogens with zero attached hydrogens (tertiary/aromatic N) is 3. The summed E-state index contributed by atoms with van der Waals surface area (Å²) < 4.78 is 6.93. The van der Waals surface area contributed by atoms with E-state index in [-0.39, 0.29) is 5.78 Å². The molecule has 0 spiro atoms. The number of aryl methyl sites for hydroxylation is 2. The molecule has 106 valence electrons. The Morgan fingerprint density at radius 1 is 1.14 bits per heavy atom. The molecular weight excluding hydrogens is 266 g/mol. The molecule has 0 N–H and O–H groups in total. The first-order chi connectivity index (χ1) is 10.1. The highest BCUT2D eigenvalue weighted by atomic mass is 16.5. The van der Waals surface area contributed by atoms with Gasteiger partial charge >= 0.3 is 0 Å². The van der Waals surface area contributed by atoms with Crippen LogP contribution in [0.1, 0.15) is 27.0 Å². The summed E-state index contributed by atoms with van der Waals surface area (Å²) >= 11 is 0. The quantitative estimate of drug-likeness (QED) is 0.692. The minimum atomic E-state index is -0.0544. The molecule has 0 unspecified atom stereocenters. The van der Waals surface area contributed by atoms with Crippen LogP contribution in [0.4, 0.5) is 0 Å². The lowest BCUT2D eigenvalue weighted by atomic mass is 9.97. The fraction of sp³-hybridized carbons (Fsp3) is 0.188. The molecule has 0 saturated heterocycles. The van der Waals surface area contributed by atoms with Crippen molar-refractivity contribution in [3.8, 4) is 5.75 Å². The number of hydrogen-bond donors (Lipinski definition) is 0. The zero-order valence-electron chi connectivity index (χ0n) is 12.1. The van der Waals surface area contributed by atoms with Crippen LogP contribution < -0.4 is 4.74 Å². The van der Waals surface area contributed by atoms with Gasteiger partial charge in [0.15, 0.2) is 5.78 Å². The molecule has 0 saturated carbocycles. The Bertz CT molecular complexity index is 837. The number of benzene rings is 1. The van der Waals surface area contributed by atoms with Gasteiger partial charge in [0, 0.05) is 18.0 Å². The van der Waals surface area contributed by atoms with Crippen molar-refractivity contribution in [3.05, 3.63) is 59.2 Å². The number of aromatic nitrogens is 3. The monoisotopic (exact) mass is 281 g/mol. The third-order valence-corrected chi connectivity index (χ3v) is 3.56. The molecular formula is C16H15N3O2. The number of ketones is 1. The molecule has 2 aromatic heterocycles. The maximum absolute atomic E-state index is 12.8. The summed E-state index contributed by atoms with van der Waals surface area (Å²) in [5, 5.41) is 4.18. The van der Waals surface area contributed by atoms with Gasteiger partial charge in [-0.05, 0) is 37.1 Å². The lowest BCUT2D eigenvalue weighted by Gasteiger charge is -2.10. The van der Waals surface area contributed by atoms with Crippen LogP contribution in [0.25, 0.3) is 5.52 Å². The van der Waals surface area contributed by atoms with Gasteiger partial charge in [-0.3, -0.25) is 9.78 Å². The van der Waals surface area contributed by atoms with Crippen molar-refractivity contribution in [2.75, 3.05) is 7.11 Å². The molecule has 0 aliphatic carbocycles. The van der Waals surface area contributed by atoms with Gasteiger partial charge in [0.2, 0.25) is 0 Å². The highest BCUT2D eigenvalue weighted by Gasteiger charge is 2.18. The van der Waals surface area contributed by atoms with Crippen LogP contribution in [-0.4, -0.2) is 27.5 Å². The Morgan fingerprint density at radius 2 is 1.95 bits per heavy atom. The van der Waals surface area contributed by atoms with E-state index in [0.29, 0.717) is 16.6 Å². The molecule has 0 radical (unpaired) electrons. The van der Waals surface area contributed by atoms with Gasteiger partial charge < -0.3 is 4.74 Å². The van der Waals surface area contributed by atoms with E-state index in [2.05, 4.69) is 10.1 Å². The van der Waals surface area contributed by atoms with E-state index < -0.39 is 0 Å². The summed E-state index contributed by atoms with van der Waals surface area (Å²) in [5.41, 5.74) is 3.73. The normalized spacial score (nSPS) is 10.8. The molecule has 0 aliphatic rings. The molecule has 0 fully saturated rings. The third kappa shape index (κ3) is 2.16. The Labute approximate surface area is 122 Å². The van der Waals surface area contributed by atoms with Gasteiger partial charge in [0.05, 0.1) is 30.6 Å². The van der Waals surface area contributed by atoms with E-state index in [1.807, 2.05) is 26.0 Å². The second kappa shape index (κ2) is 5.01. The zero-order valence-corrected chi connectivity index (χ0v) is 12.1. The van der Waals surface area contributed by atoms with Crippen molar-refractivity contribution >= 4 is 11.3 Å². The van der Waals surface area contributed by atoms with E-state index in [1.54, 1.807) is 36.4 Å². The van der Waals surface area contributed by atoms with Gasteiger partial charge in [0.1, 0.15) is 5.75 Å². The largest absolute Gasteiger partial charge is 0.496 e. The second-order valence-electron chi connectivity index (χ2n) is 4.93. The van der Waals surface area contributed by atoms with Crippen LogP contribution in [0.5, 0.6) is 5.75 Å². The van der Waals surface area contributed by atoms with Crippen molar-refractivity contribution in [2.24, 2.45) is 0 Å². The number of hydrogen-bond acceptors (Lipinski definition) is 4. The molecule has 5 heteroatoms. The van der Waals surface area contributed by atoms with Crippen LogP contribution in [0, 0.1) is 13.8 Å². The third-order valence-electron chi connectivity index (χ3n) is 3.56. The Kier molecular flexibility index (Phi) is 3.17. The lowest BCUT2D eigenvalue weighted by Crippen LogP contribution is -2.05. The van der Waals surface area contributed by atoms with E-state index in [1.165, 1.54) is 0 Å². The Balaban J connectivity index is 2.12. The minimum absolute atomic E-state index is 0.0544. The van der Waals surface area contributed by atoms with Gasteiger partial charge in [-0.1, -0.05) is 0 Å². The highest BCUT2D eigenvalue weighted by Crippen LogP contribution is 2.25. The first kappa shape index (κ1) is 13.3. The number of methoxy groups -OCH3 is 1. The molecule has 21 heavy (non-hydrogen) atoms. The van der Waals surface area contributed by atoms with Crippen LogP contribution >= 0.6 is 0 Å². The Morgan fingerprint density at radius 3 is 2.71 bits per heavy atom. The van der Waals surface area contributed by atoms with Gasteiger partial charge in [-0.15, -0.1) is 0 Å². The number of rotatable bonds is 3. The maximum Gasteiger partial charge on any atom is 0.197 e. The maximum atomic E-state index is 12.8.